The second kappa shape index (κ2) is 8.68. The molecule has 1 spiro atoms. The molecule has 2 aliphatic heterocycles. The maximum atomic E-state index is 14.6. The van der Waals surface area contributed by atoms with Gasteiger partial charge in [-0.3, -0.25) is 24.5 Å². The SMILES string of the molecule is O=C(c1ccccc1)[C@@H]1[C@@H](c2cccc([N+](=O)[O-])c2)C2(C(=O)c3ccccc3C2=O)[C@@H]2C=Cc3ccccc3N12. The summed E-state index contributed by atoms with van der Waals surface area (Å²) in [5, 5.41) is 11.8. The van der Waals surface area contributed by atoms with E-state index in [-0.39, 0.29) is 23.0 Å². The molecular weight excluding hydrogens is 504 g/mol. The number of benzene rings is 4. The molecule has 0 radical (unpaired) electrons. The molecule has 0 aromatic heterocycles. The number of nitro groups is 1. The quantitative estimate of drug-likeness (QED) is 0.142. The summed E-state index contributed by atoms with van der Waals surface area (Å²) >= 11 is 0. The van der Waals surface area contributed by atoms with Gasteiger partial charge in [0.1, 0.15) is 11.5 Å². The third kappa shape index (κ3) is 3.09. The van der Waals surface area contributed by atoms with Gasteiger partial charge in [-0.2, -0.15) is 0 Å². The lowest BCUT2D eigenvalue weighted by atomic mass is 9.64. The van der Waals surface area contributed by atoms with Gasteiger partial charge >= 0.3 is 0 Å². The molecule has 4 aromatic rings. The first-order valence-corrected chi connectivity index (χ1v) is 13.0. The van der Waals surface area contributed by atoms with E-state index in [2.05, 4.69) is 0 Å². The third-order valence-electron chi connectivity index (χ3n) is 8.48. The highest BCUT2D eigenvalue weighted by Crippen LogP contribution is 2.61. The molecule has 0 amide bonds. The number of nitro benzene ring substituents is 1. The van der Waals surface area contributed by atoms with Crippen molar-refractivity contribution in [3.63, 3.8) is 0 Å². The number of para-hydroxylation sites is 1. The van der Waals surface area contributed by atoms with Crippen LogP contribution in [0.3, 0.4) is 0 Å². The summed E-state index contributed by atoms with van der Waals surface area (Å²) in [6, 6.07) is 27.3. The summed E-state index contributed by atoms with van der Waals surface area (Å²) in [7, 11) is 0. The zero-order valence-electron chi connectivity index (χ0n) is 21.1. The molecule has 194 valence electrons. The fraction of sp³-hybridized carbons (Fsp3) is 0.121. The normalized spacial score (nSPS) is 21.7. The Kier molecular flexibility index (Phi) is 5.19. The van der Waals surface area contributed by atoms with Crippen molar-refractivity contribution >= 4 is 34.8 Å². The molecule has 0 N–H and O–H groups in total. The van der Waals surface area contributed by atoms with Crippen LogP contribution in [0.25, 0.3) is 6.08 Å². The molecule has 7 heteroatoms. The molecule has 7 rings (SSSR count). The van der Waals surface area contributed by atoms with E-state index >= 15 is 0 Å². The number of anilines is 1. The number of hydrogen-bond acceptors (Lipinski definition) is 6. The van der Waals surface area contributed by atoms with Gasteiger partial charge in [0.25, 0.3) is 5.69 Å². The average molecular weight is 527 g/mol. The molecule has 3 atom stereocenters. The van der Waals surface area contributed by atoms with Gasteiger partial charge in [0.2, 0.25) is 0 Å². The zero-order chi connectivity index (χ0) is 27.6. The molecule has 2 heterocycles. The Balaban J connectivity index is 1.56. The van der Waals surface area contributed by atoms with Crippen LogP contribution in [-0.2, 0) is 0 Å². The van der Waals surface area contributed by atoms with Crippen LogP contribution in [0.15, 0.2) is 109 Å². The summed E-state index contributed by atoms with van der Waals surface area (Å²) < 4.78 is 0. The van der Waals surface area contributed by atoms with Crippen LogP contribution >= 0.6 is 0 Å². The van der Waals surface area contributed by atoms with E-state index < -0.39 is 28.3 Å². The van der Waals surface area contributed by atoms with Gasteiger partial charge in [0.05, 0.1) is 11.0 Å². The molecule has 40 heavy (non-hydrogen) atoms. The number of carbonyl (C=O) groups is 3. The number of Topliss-reactive ketones (excluding diaryl/α,β-unsaturated/α-hetero) is 3. The number of ketones is 3. The van der Waals surface area contributed by atoms with Crippen molar-refractivity contribution in [1.29, 1.82) is 0 Å². The molecule has 0 unspecified atom stereocenters. The lowest BCUT2D eigenvalue weighted by Gasteiger charge is -2.37. The summed E-state index contributed by atoms with van der Waals surface area (Å²) in [6.45, 7) is 0. The number of nitrogens with zero attached hydrogens (tertiary/aromatic N) is 2. The van der Waals surface area contributed by atoms with Gasteiger partial charge in [0, 0.05) is 40.4 Å². The van der Waals surface area contributed by atoms with Gasteiger partial charge in [-0.15, -0.1) is 0 Å². The molecule has 1 aliphatic carbocycles. The highest BCUT2D eigenvalue weighted by atomic mass is 16.6. The molecule has 1 fully saturated rings. The van der Waals surface area contributed by atoms with Crippen molar-refractivity contribution in [2.75, 3.05) is 4.90 Å². The average Bonchev–Trinajstić information content (AvgIpc) is 3.43. The molecule has 3 aliphatic rings. The Bertz CT molecular complexity index is 1740. The van der Waals surface area contributed by atoms with E-state index in [0.29, 0.717) is 22.3 Å². The molecule has 7 nitrogen and oxygen atoms in total. The van der Waals surface area contributed by atoms with Gasteiger partial charge in [-0.1, -0.05) is 97.1 Å². The third-order valence-corrected chi connectivity index (χ3v) is 8.48. The van der Waals surface area contributed by atoms with Crippen molar-refractivity contribution in [3.05, 3.63) is 147 Å². The minimum absolute atomic E-state index is 0.171. The smallest absolute Gasteiger partial charge is 0.269 e. The monoisotopic (exact) mass is 526 g/mol. The van der Waals surface area contributed by atoms with Crippen molar-refractivity contribution in [2.24, 2.45) is 5.41 Å². The number of hydrogen-bond donors (Lipinski definition) is 0. The lowest BCUT2D eigenvalue weighted by Crippen LogP contribution is -2.48. The predicted molar refractivity (Wildman–Crippen MR) is 150 cm³/mol. The van der Waals surface area contributed by atoms with Gasteiger partial charge in [-0.05, 0) is 17.2 Å². The van der Waals surface area contributed by atoms with Crippen molar-refractivity contribution in [2.45, 2.75) is 18.0 Å². The number of non-ortho nitro benzene ring substituents is 1. The Morgan fingerprint density at radius 1 is 0.800 bits per heavy atom. The second-order valence-electron chi connectivity index (χ2n) is 10.3. The Morgan fingerprint density at radius 2 is 1.45 bits per heavy atom. The number of rotatable bonds is 4. The maximum absolute atomic E-state index is 14.6. The first-order valence-electron chi connectivity index (χ1n) is 13.0. The van der Waals surface area contributed by atoms with E-state index in [1.807, 2.05) is 47.4 Å². The minimum Gasteiger partial charge on any atom is -0.352 e. The van der Waals surface area contributed by atoms with E-state index in [4.69, 9.17) is 0 Å². The van der Waals surface area contributed by atoms with Crippen molar-refractivity contribution in [3.8, 4) is 0 Å². The lowest BCUT2D eigenvalue weighted by molar-refractivity contribution is -0.384. The molecule has 4 aromatic carbocycles. The minimum atomic E-state index is -1.70. The second-order valence-corrected chi connectivity index (χ2v) is 10.3. The molecule has 0 bridgehead atoms. The maximum Gasteiger partial charge on any atom is 0.269 e. The summed E-state index contributed by atoms with van der Waals surface area (Å²) in [6.07, 6.45) is 3.73. The van der Waals surface area contributed by atoms with Gasteiger partial charge < -0.3 is 4.90 Å². The van der Waals surface area contributed by atoms with Crippen molar-refractivity contribution < 1.29 is 19.3 Å². The Morgan fingerprint density at radius 3 is 2.15 bits per heavy atom. The Hall–Kier alpha value is -5.17. The van der Waals surface area contributed by atoms with Crippen LogP contribution in [0.4, 0.5) is 11.4 Å². The Labute approximate surface area is 229 Å². The van der Waals surface area contributed by atoms with Crippen LogP contribution in [0, 0.1) is 15.5 Å². The van der Waals surface area contributed by atoms with Gasteiger partial charge in [0.15, 0.2) is 17.3 Å². The highest BCUT2D eigenvalue weighted by Gasteiger charge is 2.71. The molecule has 0 saturated carbocycles. The zero-order valence-corrected chi connectivity index (χ0v) is 21.1. The first-order chi connectivity index (χ1) is 19.4. The van der Waals surface area contributed by atoms with E-state index in [9.17, 15) is 24.5 Å². The molecular formula is C33H22N2O5. The first kappa shape index (κ1) is 23.9. The number of fused-ring (bicyclic) bond motifs is 5. The summed E-state index contributed by atoms with van der Waals surface area (Å²) in [5.41, 5.74) is 1.17. The van der Waals surface area contributed by atoms with Gasteiger partial charge in [-0.25, -0.2) is 0 Å². The summed E-state index contributed by atoms with van der Waals surface area (Å²) in [4.78, 5) is 56.9. The largest absolute Gasteiger partial charge is 0.352 e. The standard InChI is InChI=1S/C33H22N2O5/c36-30(21-10-2-1-3-11-21)29-28(22-12-8-13-23(19-22)35(39)40)33(31(37)24-14-5-6-15-25(24)32(33)38)27-18-17-20-9-4-7-16-26(20)34(27)29/h1-19,27-29H/t27-,28+,29-/m0/s1. The van der Waals surface area contributed by atoms with E-state index in [0.717, 1.165) is 11.3 Å². The van der Waals surface area contributed by atoms with Crippen LogP contribution in [0.5, 0.6) is 0 Å². The number of carbonyl (C=O) groups excluding carboxylic acids is 3. The van der Waals surface area contributed by atoms with Crippen LogP contribution in [-0.4, -0.2) is 34.4 Å². The predicted octanol–water partition coefficient (Wildman–Crippen LogP) is 5.91. The van der Waals surface area contributed by atoms with Crippen molar-refractivity contribution in [1.82, 2.24) is 0 Å². The van der Waals surface area contributed by atoms with Crippen LogP contribution in [0.1, 0.15) is 48.1 Å². The fourth-order valence-corrected chi connectivity index (χ4v) is 6.90. The fourth-order valence-electron chi connectivity index (χ4n) is 6.90. The van der Waals surface area contributed by atoms with Crippen LogP contribution < -0.4 is 4.90 Å². The topological polar surface area (TPSA) is 97.6 Å². The van der Waals surface area contributed by atoms with E-state index in [1.54, 1.807) is 60.7 Å². The van der Waals surface area contributed by atoms with E-state index in [1.165, 1.54) is 12.1 Å². The molecule has 1 saturated heterocycles. The summed E-state index contributed by atoms with van der Waals surface area (Å²) in [5.74, 6) is -1.99. The highest BCUT2D eigenvalue weighted by molar-refractivity contribution is 6.32. The van der Waals surface area contributed by atoms with Crippen LogP contribution in [0.2, 0.25) is 0 Å².